The van der Waals surface area contributed by atoms with E-state index in [9.17, 15) is 4.79 Å². The molecular formula is C17H21N3O3. The first kappa shape index (κ1) is 15.7. The van der Waals surface area contributed by atoms with Crippen molar-refractivity contribution in [1.29, 1.82) is 0 Å². The summed E-state index contributed by atoms with van der Waals surface area (Å²) in [5.41, 5.74) is 2.97. The van der Waals surface area contributed by atoms with Crippen molar-refractivity contribution < 1.29 is 14.1 Å². The van der Waals surface area contributed by atoms with Gasteiger partial charge in [0.25, 0.3) is 0 Å². The fourth-order valence-corrected chi connectivity index (χ4v) is 2.90. The lowest BCUT2D eigenvalue weighted by Crippen LogP contribution is -2.42. The molecule has 6 heteroatoms. The summed E-state index contributed by atoms with van der Waals surface area (Å²) in [6.45, 7) is 5.58. The fraction of sp³-hybridized carbons (Fsp3) is 0.471. The first-order chi connectivity index (χ1) is 11.1. The number of ether oxygens (including phenoxy) is 1. The molecule has 0 aromatic carbocycles. The lowest BCUT2D eigenvalue weighted by atomic mass is 10.1. The topological polar surface area (TPSA) is 68.5 Å². The predicted octanol–water partition coefficient (Wildman–Crippen LogP) is 2.22. The summed E-state index contributed by atoms with van der Waals surface area (Å²) in [5, 5.41) is 3.93. The van der Waals surface area contributed by atoms with Gasteiger partial charge >= 0.3 is 0 Å². The maximum Gasteiger partial charge on any atom is 0.223 e. The number of morpholine rings is 1. The molecule has 3 heterocycles. The number of carbonyl (C=O) groups is 1. The third-order valence-electron chi connectivity index (χ3n) is 4.27. The van der Waals surface area contributed by atoms with Crippen LogP contribution in [-0.4, -0.2) is 40.6 Å². The number of nitrogens with zero attached hydrogens (tertiary/aromatic N) is 3. The average Bonchev–Trinajstić information content (AvgIpc) is 2.92. The van der Waals surface area contributed by atoms with Crippen LogP contribution in [0.4, 0.5) is 0 Å². The Morgan fingerprint density at radius 1 is 1.35 bits per heavy atom. The Kier molecular flexibility index (Phi) is 4.71. The number of carbonyl (C=O) groups excluding carboxylic acids is 1. The van der Waals surface area contributed by atoms with E-state index >= 15 is 0 Å². The van der Waals surface area contributed by atoms with Crippen LogP contribution < -0.4 is 0 Å². The summed E-state index contributed by atoms with van der Waals surface area (Å²) in [6, 6.07) is 3.87. The molecule has 23 heavy (non-hydrogen) atoms. The van der Waals surface area contributed by atoms with Crippen LogP contribution in [0.15, 0.2) is 29.0 Å². The second kappa shape index (κ2) is 6.91. The Morgan fingerprint density at radius 2 is 2.13 bits per heavy atom. The quantitative estimate of drug-likeness (QED) is 0.865. The Bertz CT molecular complexity index is 649. The standard InChI is InChI=1S/C17H21N3O3/c1-12-15(13(2)23-19-12)3-4-17(21)20-9-10-22-16(11-20)14-5-7-18-8-6-14/h5-8,16H,3-4,9-11H2,1-2H3. The molecule has 0 N–H and O–H groups in total. The molecule has 0 radical (unpaired) electrons. The highest BCUT2D eigenvalue weighted by molar-refractivity contribution is 5.76. The molecule has 122 valence electrons. The lowest BCUT2D eigenvalue weighted by molar-refractivity contribution is -0.139. The van der Waals surface area contributed by atoms with Crippen molar-refractivity contribution in [3.05, 3.63) is 47.1 Å². The van der Waals surface area contributed by atoms with E-state index in [1.807, 2.05) is 30.9 Å². The largest absolute Gasteiger partial charge is 0.370 e. The van der Waals surface area contributed by atoms with Crippen LogP contribution >= 0.6 is 0 Å². The smallest absolute Gasteiger partial charge is 0.223 e. The summed E-state index contributed by atoms with van der Waals surface area (Å²) in [7, 11) is 0. The van der Waals surface area contributed by atoms with Crippen LogP contribution in [0.25, 0.3) is 0 Å². The summed E-state index contributed by atoms with van der Waals surface area (Å²) in [5.74, 6) is 0.944. The molecule has 1 fully saturated rings. The summed E-state index contributed by atoms with van der Waals surface area (Å²) < 4.78 is 10.9. The average molecular weight is 315 g/mol. The minimum Gasteiger partial charge on any atom is -0.370 e. The molecule has 0 bridgehead atoms. The van der Waals surface area contributed by atoms with E-state index < -0.39 is 0 Å². The van der Waals surface area contributed by atoms with Gasteiger partial charge in [-0.3, -0.25) is 9.78 Å². The first-order valence-corrected chi connectivity index (χ1v) is 7.86. The molecule has 0 spiro atoms. The third-order valence-corrected chi connectivity index (χ3v) is 4.27. The van der Waals surface area contributed by atoms with Crippen LogP contribution in [0, 0.1) is 13.8 Å². The van der Waals surface area contributed by atoms with E-state index in [0.29, 0.717) is 32.5 Å². The van der Waals surface area contributed by atoms with Gasteiger partial charge in [0, 0.05) is 30.9 Å². The lowest BCUT2D eigenvalue weighted by Gasteiger charge is -2.33. The zero-order valence-corrected chi connectivity index (χ0v) is 13.5. The molecule has 1 unspecified atom stereocenters. The van der Waals surface area contributed by atoms with Gasteiger partial charge < -0.3 is 14.2 Å². The Morgan fingerprint density at radius 3 is 2.83 bits per heavy atom. The van der Waals surface area contributed by atoms with Gasteiger partial charge in [-0.2, -0.15) is 0 Å². The number of amides is 1. The van der Waals surface area contributed by atoms with Gasteiger partial charge in [0.05, 0.1) is 18.8 Å². The van der Waals surface area contributed by atoms with Gasteiger partial charge in [0.1, 0.15) is 11.9 Å². The number of rotatable bonds is 4. The molecule has 0 saturated carbocycles. The van der Waals surface area contributed by atoms with E-state index in [1.54, 1.807) is 12.4 Å². The Labute approximate surface area is 135 Å². The molecule has 2 aromatic heterocycles. The SMILES string of the molecule is Cc1noc(C)c1CCC(=O)N1CCOC(c2ccncc2)C1. The minimum absolute atomic E-state index is 0.0743. The Balaban J connectivity index is 1.59. The summed E-state index contributed by atoms with van der Waals surface area (Å²) >= 11 is 0. The summed E-state index contributed by atoms with van der Waals surface area (Å²) in [6.07, 6.45) is 4.55. The van der Waals surface area contributed by atoms with E-state index in [2.05, 4.69) is 10.1 Å². The van der Waals surface area contributed by atoms with Crippen LogP contribution in [0.3, 0.4) is 0 Å². The van der Waals surface area contributed by atoms with Crippen molar-refractivity contribution in [2.24, 2.45) is 0 Å². The third kappa shape index (κ3) is 3.59. The normalized spacial score (nSPS) is 18.2. The van der Waals surface area contributed by atoms with Crippen LogP contribution in [0.2, 0.25) is 0 Å². The molecule has 1 saturated heterocycles. The molecule has 1 aliphatic heterocycles. The molecular weight excluding hydrogens is 294 g/mol. The number of pyridine rings is 1. The maximum atomic E-state index is 12.5. The van der Waals surface area contributed by atoms with Gasteiger partial charge in [-0.1, -0.05) is 5.16 Å². The zero-order valence-electron chi connectivity index (χ0n) is 13.5. The highest BCUT2D eigenvalue weighted by Gasteiger charge is 2.25. The molecule has 3 rings (SSSR count). The second-order valence-electron chi connectivity index (χ2n) is 5.78. The zero-order chi connectivity index (χ0) is 16.2. The number of aromatic nitrogens is 2. The van der Waals surface area contributed by atoms with Crippen molar-refractivity contribution in [1.82, 2.24) is 15.0 Å². The Hall–Kier alpha value is -2.21. The van der Waals surface area contributed by atoms with Gasteiger partial charge in [-0.25, -0.2) is 0 Å². The first-order valence-electron chi connectivity index (χ1n) is 7.86. The molecule has 1 amide bonds. The van der Waals surface area contributed by atoms with Crippen molar-refractivity contribution in [2.45, 2.75) is 32.8 Å². The number of hydrogen-bond acceptors (Lipinski definition) is 5. The van der Waals surface area contributed by atoms with E-state index in [4.69, 9.17) is 9.26 Å². The fourth-order valence-electron chi connectivity index (χ4n) is 2.90. The number of hydrogen-bond donors (Lipinski definition) is 0. The van der Waals surface area contributed by atoms with E-state index in [0.717, 1.165) is 22.6 Å². The van der Waals surface area contributed by atoms with Crippen molar-refractivity contribution in [3.8, 4) is 0 Å². The van der Waals surface area contributed by atoms with Crippen LogP contribution in [0.5, 0.6) is 0 Å². The van der Waals surface area contributed by atoms with Crippen LogP contribution in [-0.2, 0) is 16.0 Å². The summed E-state index contributed by atoms with van der Waals surface area (Å²) in [4.78, 5) is 18.4. The highest BCUT2D eigenvalue weighted by Crippen LogP contribution is 2.22. The number of aryl methyl sites for hydroxylation is 2. The maximum absolute atomic E-state index is 12.5. The van der Waals surface area contributed by atoms with E-state index in [-0.39, 0.29) is 12.0 Å². The highest BCUT2D eigenvalue weighted by atomic mass is 16.5. The van der Waals surface area contributed by atoms with Gasteiger partial charge in [0.2, 0.25) is 5.91 Å². The molecule has 1 aliphatic rings. The van der Waals surface area contributed by atoms with Crippen molar-refractivity contribution in [3.63, 3.8) is 0 Å². The molecule has 1 atom stereocenters. The minimum atomic E-state index is -0.0743. The molecule has 2 aromatic rings. The van der Waals surface area contributed by atoms with Gasteiger partial charge in [-0.15, -0.1) is 0 Å². The monoisotopic (exact) mass is 315 g/mol. The van der Waals surface area contributed by atoms with Crippen molar-refractivity contribution in [2.75, 3.05) is 19.7 Å². The predicted molar refractivity (Wildman–Crippen MR) is 83.8 cm³/mol. The van der Waals surface area contributed by atoms with Gasteiger partial charge in [-0.05, 0) is 38.0 Å². The molecule has 0 aliphatic carbocycles. The van der Waals surface area contributed by atoms with E-state index in [1.165, 1.54) is 0 Å². The van der Waals surface area contributed by atoms with Crippen LogP contribution in [0.1, 0.15) is 35.1 Å². The molecule has 6 nitrogen and oxygen atoms in total. The second-order valence-corrected chi connectivity index (χ2v) is 5.78. The van der Waals surface area contributed by atoms with Crippen molar-refractivity contribution >= 4 is 5.91 Å². The van der Waals surface area contributed by atoms with Gasteiger partial charge in [0.15, 0.2) is 0 Å².